The molecule has 0 saturated heterocycles. The number of methoxy groups -OCH3 is 3. The Morgan fingerprint density at radius 3 is 1.12 bits per heavy atom. The van der Waals surface area contributed by atoms with E-state index in [0.717, 1.165) is 18.2 Å². The smallest absolute Gasteiger partial charge is 0.271 e. The van der Waals surface area contributed by atoms with E-state index in [4.69, 9.17) is 14.2 Å². The number of rotatable bonds is 25. The second-order valence-electron chi connectivity index (χ2n) is 13.3. The van der Waals surface area contributed by atoms with Crippen LogP contribution in [0.1, 0.15) is 70.0 Å². The van der Waals surface area contributed by atoms with Crippen LogP contribution >= 0.6 is 0 Å². The van der Waals surface area contributed by atoms with Crippen molar-refractivity contribution in [3.05, 3.63) is 94.7 Å². The summed E-state index contributed by atoms with van der Waals surface area (Å²) in [5.41, 5.74) is -4.87. The standard InChI is InChI=1S/C37H51N7O14.Gd/c1-56-22-19-41-16-7-25(45)31(48)28(41)34(51)38-13-4-10-37(44(54)55,11-5-14-39-35(52)29-32(49)26(46)8-17-42(29)20-23-57-2)12-6-15-40-36(53)30-33(50)27(47)9-18-43(30)21-24-58-3;/h7-9,16-18,48-50H,4-6,10-15,19-24H2,1-3H3,(H,38,51)(H,39,52)(H,40,53);. The van der Waals surface area contributed by atoms with Crippen LogP contribution in [0.2, 0.25) is 0 Å². The molecule has 0 unspecified atom stereocenters. The van der Waals surface area contributed by atoms with Crippen molar-refractivity contribution in [2.24, 2.45) is 0 Å². The Balaban J connectivity index is 0.0000120. The Labute approximate surface area is 370 Å². The van der Waals surface area contributed by atoms with Crippen LogP contribution in [0.5, 0.6) is 17.2 Å². The Kier molecular flexibility index (Phi) is 21.4. The molecule has 21 nitrogen and oxygen atoms in total. The number of nitrogens with one attached hydrogen (secondary N) is 3. The van der Waals surface area contributed by atoms with Gasteiger partial charge in [-0.05, 0) is 19.3 Å². The first-order valence-electron chi connectivity index (χ1n) is 18.5. The van der Waals surface area contributed by atoms with Crippen LogP contribution in [-0.4, -0.2) is 118 Å². The van der Waals surface area contributed by atoms with Crippen molar-refractivity contribution < 1.29 is 88.8 Å². The number of carbonyl (C=O) groups excluding carboxylic acids is 3. The molecular formula is C37H51GdN7O14. The van der Waals surface area contributed by atoms with Crippen LogP contribution in [0.4, 0.5) is 0 Å². The van der Waals surface area contributed by atoms with E-state index in [0.29, 0.717) is 0 Å². The maximum Gasteiger partial charge on any atom is 0.271 e. The monoisotopic (exact) mass is 975 g/mol. The molecular weight excluding hydrogens is 924 g/mol. The summed E-state index contributed by atoms with van der Waals surface area (Å²) in [4.78, 5) is 88.1. The van der Waals surface area contributed by atoms with Crippen LogP contribution in [0, 0.1) is 50.1 Å². The number of aromatic nitrogens is 3. The number of aromatic hydroxyl groups is 3. The number of amides is 3. The van der Waals surface area contributed by atoms with Crippen LogP contribution in [0.25, 0.3) is 0 Å². The van der Waals surface area contributed by atoms with Gasteiger partial charge in [0.05, 0.1) is 19.8 Å². The molecule has 0 aromatic carbocycles. The zero-order chi connectivity index (χ0) is 42.8. The van der Waals surface area contributed by atoms with Gasteiger partial charge in [-0.15, -0.1) is 0 Å². The molecule has 22 heteroatoms. The maximum atomic E-state index is 13.1. The summed E-state index contributed by atoms with van der Waals surface area (Å²) in [7, 11) is 4.33. The number of nitro groups is 1. The minimum Gasteiger partial charge on any atom is -0.503 e. The van der Waals surface area contributed by atoms with Crippen molar-refractivity contribution >= 4 is 17.7 Å². The van der Waals surface area contributed by atoms with Gasteiger partial charge in [0.15, 0.2) is 34.3 Å². The summed E-state index contributed by atoms with van der Waals surface area (Å²) in [6, 6.07) is 3.30. The maximum absolute atomic E-state index is 13.1. The van der Waals surface area contributed by atoms with Crippen molar-refractivity contribution in [2.45, 2.75) is 63.7 Å². The van der Waals surface area contributed by atoms with Crippen LogP contribution in [0.3, 0.4) is 0 Å². The Bertz CT molecular complexity index is 1860. The molecule has 3 aromatic heterocycles. The molecule has 3 heterocycles. The van der Waals surface area contributed by atoms with E-state index in [9.17, 15) is 54.2 Å². The minimum absolute atomic E-state index is 0. The molecule has 0 aliphatic rings. The number of carbonyl (C=O) groups is 3. The average molecular weight is 975 g/mol. The largest absolute Gasteiger partial charge is 0.503 e. The molecule has 59 heavy (non-hydrogen) atoms. The van der Waals surface area contributed by atoms with E-state index in [1.807, 2.05) is 0 Å². The molecule has 3 rings (SSSR count). The van der Waals surface area contributed by atoms with Gasteiger partial charge in [0.1, 0.15) is 0 Å². The topological polar surface area (TPSA) is 285 Å². The summed E-state index contributed by atoms with van der Waals surface area (Å²) in [5.74, 6) is -4.66. The zero-order valence-electron chi connectivity index (χ0n) is 33.0. The van der Waals surface area contributed by atoms with Crippen LogP contribution in [-0.2, 0) is 33.8 Å². The molecule has 0 saturated carbocycles. The fourth-order valence-electron chi connectivity index (χ4n) is 6.29. The molecule has 0 bridgehead atoms. The van der Waals surface area contributed by atoms with Gasteiger partial charge in [-0.1, -0.05) is 0 Å². The van der Waals surface area contributed by atoms with Gasteiger partial charge in [0.25, 0.3) is 17.7 Å². The molecule has 3 amide bonds. The van der Waals surface area contributed by atoms with Gasteiger partial charge in [-0.25, -0.2) is 0 Å². The minimum atomic E-state index is -1.65. The SMILES string of the molecule is COCCn1ccc(=O)c(O)c1C(=O)NCCCC(CCCNC(=O)c1c(O)c(=O)ccn1CCOC)(CCCNC(=O)c1c(O)c(=O)ccn1CCOC)[N+](=O)[O-].[Gd]. The number of hydrogen-bond acceptors (Lipinski definition) is 14. The summed E-state index contributed by atoms with van der Waals surface area (Å²) < 4.78 is 19.1. The van der Waals surface area contributed by atoms with Crippen molar-refractivity contribution in [3.63, 3.8) is 0 Å². The predicted octanol–water partition coefficient (Wildman–Crippen LogP) is 0.174. The van der Waals surface area contributed by atoms with Gasteiger partial charge >= 0.3 is 0 Å². The fourth-order valence-corrected chi connectivity index (χ4v) is 6.29. The van der Waals surface area contributed by atoms with E-state index in [2.05, 4.69) is 16.0 Å². The Morgan fingerprint density at radius 2 is 0.881 bits per heavy atom. The third-order valence-corrected chi connectivity index (χ3v) is 9.41. The number of hydrogen-bond donors (Lipinski definition) is 6. The van der Waals surface area contributed by atoms with Crippen molar-refractivity contribution in [3.8, 4) is 17.2 Å². The summed E-state index contributed by atoms with van der Waals surface area (Å²) >= 11 is 0. The molecule has 0 radical (unpaired) electrons. The quantitative estimate of drug-likeness (QED) is 0.0375. The molecule has 0 spiro atoms. The van der Waals surface area contributed by atoms with Crippen molar-refractivity contribution in [1.29, 1.82) is 0 Å². The molecule has 0 fully saturated rings. The van der Waals surface area contributed by atoms with E-state index < -0.39 is 61.7 Å². The second kappa shape index (κ2) is 25.0. The first-order valence-corrected chi connectivity index (χ1v) is 18.5. The average Bonchev–Trinajstić information content (AvgIpc) is 3.20. The third-order valence-electron chi connectivity index (χ3n) is 9.41. The van der Waals surface area contributed by atoms with Crippen molar-refractivity contribution in [2.75, 3.05) is 60.8 Å². The molecule has 3 aromatic rings. The first kappa shape index (κ1) is 50.4. The van der Waals surface area contributed by atoms with Gasteiger partial charge in [-0.3, -0.25) is 38.9 Å². The van der Waals surface area contributed by atoms with Gasteiger partial charge < -0.3 is 59.2 Å². The first-order chi connectivity index (χ1) is 27.7. The molecule has 0 aliphatic heterocycles. The third kappa shape index (κ3) is 13.9. The van der Waals surface area contributed by atoms with Gasteiger partial charge in [-0.2, -0.15) is 0 Å². The van der Waals surface area contributed by atoms with Crippen LogP contribution < -0.4 is 32.2 Å². The Morgan fingerprint density at radius 1 is 0.610 bits per heavy atom. The summed E-state index contributed by atoms with van der Waals surface area (Å²) in [6.45, 7) is 0.699. The fraction of sp³-hybridized carbons (Fsp3) is 0.514. The molecule has 6 N–H and O–H groups in total. The van der Waals surface area contributed by atoms with Gasteiger partial charge in [0, 0.05) is 162 Å². The van der Waals surface area contributed by atoms with E-state index in [1.54, 1.807) is 0 Å². The number of pyridine rings is 3. The molecule has 0 aliphatic carbocycles. The molecule has 326 valence electrons. The zero-order valence-corrected chi connectivity index (χ0v) is 35.3. The summed E-state index contributed by atoms with van der Waals surface area (Å²) in [6.07, 6.45) is 3.92. The van der Waals surface area contributed by atoms with Crippen LogP contribution in [0.15, 0.2) is 51.2 Å². The second-order valence-corrected chi connectivity index (χ2v) is 13.3. The van der Waals surface area contributed by atoms with E-state index >= 15 is 0 Å². The predicted molar refractivity (Wildman–Crippen MR) is 207 cm³/mol. The van der Waals surface area contributed by atoms with E-state index in [1.165, 1.54) is 53.6 Å². The normalized spacial score (nSPS) is 11.1. The summed E-state index contributed by atoms with van der Waals surface area (Å²) in [5, 5.41) is 51.8. The Hall–Kier alpha value is -4.74. The number of ether oxygens (including phenoxy) is 3. The van der Waals surface area contributed by atoms with Crippen molar-refractivity contribution in [1.82, 2.24) is 29.7 Å². The van der Waals surface area contributed by atoms with E-state index in [-0.39, 0.29) is 155 Å². The van der Waals surface area contributed by atoms with Gasteiger partial charge in [0.2, 0.25) is 21.8 Å². The number of nitrogens with zero attached hydrogens (tertiary/aromatic N) is 4. The molecule has 0 atom stereocenters.